The molecule has 0 radical (unpaired) electrons. The molecule has 0 aliphatic rings. The molecule has 0 spiro atoms. The van der Waals surface area contributed by atoms with Crippen molar-refractivity contribution in [1.82, 2.24) is 10.6 Å². The third-order valence-electron chi connectivity index (χ3n) is 3.71. The van der Waals surface area contributed by atoms with Crippen molar-refractivity contribution in [3.8, 4) is 0 Å². The van der Waals surface area contributed by atoms with Crippen LogP contribution < -0.4 is 10.6 Å². The molecule has 0 heterocycles. The van der Waals surface area contributed by atoms with Gasteiger partial charge in [0.05, 0.1) is 0 Å². The maximum atomic E-state index is 12.7. The molecule has 0 aromatic heterocycles. The Balaban J connectivity index is 2.81. The lowest BCUT2D eigenvalue weighted by atomic mass is 9.81. The first kappa shape index (κ1) is 20.2. The summed E-state index contributed by atoms with van der Waals surface area (Å²) in [6.07, 6.45) is 0.850. The highest BCUT2D eigenvalue weighted by molar-refractivity contribution is 5.97. The highest BCUT2D eigenvalue weighted by Gasteiger charge is 2.31. The van der Waals surface area contributed by atoms with E-state index in [0.29, 0.717) is 5.56 Å². The van der Waals surface area contributed by atoms with E-state index in [1.165, 1.54) is 0 Å². The molecule has 2 N–H and O–H groups in total. The normalized spacial score (nSPS) is 13.5. The number of amides is 2. The maximum absolute atomic E-state index is 12.7. The fourth-order valence-electron chi connectivity index (χ4n) is 3.13. The summed E-state index contributed by atoms with van der Waals surface area (Å²) >= 11 is 0. The van der Waals surface area contributed by atoms with Crippen LogP contribution in [0.5, 0.6) is 0 Å². The average Bonchev–Trinajstić information content (AvgIpc) is 2.41. The lowest BCUT2D eigenvalue weighted by Gasteiger charge is -2.35. The molecule has 0 fully saturated rings. The summed E-state index contributed by atoms with van der Waals surface area (Å²) in [4.78, 5) is 25.1. The molecular formula is C20H32N2O2. The van der Waals surface area contributed by atoms with Gasteiger partial charge in [-0.3, -0.25) is 9.59 Å². The summed E-state index contributed by atoms with van der Waals surface area (Å²) < 4.78 is 0. The number of hydrogen-bond donors (Lipinski definition) is 2. The number of carbonyl (C=O) groups is 2. The fraction of sp³-hybridized carbons (Fsp3) is 0.600. The Labute approximate surface area is 146 Å². The van der Waals surface area contributed by atoms with Gasteiger partial charge in [0.1, 0.15) is 6.04 Å². The first-order chi connectivity index (χ1) is 10.9. The molecule has 134 valence electrons. The zero-order valence-electron chi connectivity index (χ0n) is 16.1. The molecule has 0 saturated heterocycles. The van der Waals surface area contributed by atoms with Crippen molar-refractivity contribution in [3.05, 3.63) is 35.9 Å². The van der Waals surface area contributed by atoms with Crippen molar-refractivity contribution in [2.75, 3.05) is 0 Å². The van der Waals surface area contributed by atoms with Gasteiger partial charge >= 0.3 is 0 Å². The molecule has 0 bridgehead atoms. The minimum Gasteiger partial charge on any atom is -0.349 e. The SMILES string of the molecule is CC(C)C(NC(=O)c1ccccc1)C(=O)NC(C)(C)CC(C)(C)C. The first-order valence-electron chi connectivity index (χ1n) is 8.59. The minimum atomic E-state index is -0.558. The van der Waals surface area contributed by atoms with Crippen LogP contribution in [0.4, 0.5) is 0 Å². The second-order valence-corrected chi connectivity index (χ2v) is 8.67. The summed E-state index contributed by atoms with van der Waals surface area (Å²) in [7, 11) is 0. The monoisotopic (exact) mass is 332 g/mol. The summed E-state index contributed by atoms with van der Waals surface area (Å²) in [5.74, 6) is -0.357. The van der Waals surface area contributed by atoms with E-state index < -0.39 is 6.04 Å². The van der Waals surface area contributed by atoms with Crippen LogP contribution in [0.25, 0.3) is 0 Å². The Kier molecular flexibility index (Phi) is 6.58. The highest BCUT2D eigenvalue weighted by atomic mass is 16.2. The number of nitrogens with one attached hydrogen (secondary N) is 2. The summed E-state index contributed by atoms with van der Waals surface area (Å²) in [6, 6.07) is 8.41. The third-order valence-corrected chi connectivity index (χ3v) is 3.71. The van der Waals surface area contributed by atoms with E-state index in [0.717, 1.165) is 6.42 Å². The number of hydrogen-bond acceptors (Lipinski definition) is 2. The fourth-order valence-corrected chi connectivity index (χ4v) is 3.13. The van der Waals surface area contributed by atoms with Crippen LogP contribution in [-0.2, 0) is 4.79 Å². The molecule has 2 amide bonds. The minimum absolute atomic E-state index is 0.00287. The van der Waals surface area contributed by atoms with Crippen LogP contribution in [0.2, 0.25) is 0 Å². The van der Waals surface area contributed by atoms with Gasteiger partial charge in [0, 0.05) is 11.1 Å². The van der Waals surface area contributed by atoms with Crippen LogP contribution in [0, 0.1) is 11.3 Å². The maximum Gasteiger partial charge on any atom is 0.251 e. The van der Waals surface area contributed by atoms with Gasteiger partial charge in [-0.1, -0.05) is 52.8 Å². The Morgan fingerprint density at radius 2 is 1.54 bits per heavy atom. The van der Waals surface area contributed by atoms with Crippen molar-refractivity contribution < 1.29 is 9.59 Å². The van der Waals surface area contributed by atoms with Crippen molar-refractivity contribution >= 4 is 11.8 Å². The second-order valence-electron chi connectivity index (χ2n) is 8.67. The zero-order chi connectivity index (χ0) is 18.5. The van der Waals surface area contributed by atoms with Gasteiger partial charge in [0.15, 0.2) is 0 Å². The summed E-state index contributed by atoms with van der Waals surface area (Å²) in [5, 5.41) is 5.96. The first-order valence-corrected chi connectivity index (χ1v) is 8.59. The van der Waals surface area contributed by atoms with Crippen LogP contribution in [0.3, 0.4) is 0 Å². The quantitative estimate of drug-likeness (QED) is 0.833. The molecule has 1 aromatic rings. The van der Waals surface area contributed by atoms with Crippen molar-refractivity contribution in [1.29, 1.82) is 0 Å². The van der Waals surface area contributed by atoms with Crippen LogP contribution in [0.1, 0.15) is 65.2 Å². The van der Waals surface area contributed by atoms with E-state index in [-0.39, 0.29) is 28.7 Å². The van der Waals surface area contributed by atoms with Gasteiger partial charge < -0.3 is 10.6 Å². The molecule has 0 aliphatic carbocycles. The van der Waals surface area contributed by atoms with Gasteiger partial charge in [-0.15, -0.1) is 0 Å². The van der Waals surface area contributed by atoms with Crippen LogP contribution in [-0.4, -0.2) is 23.4 Å². The summed E-state index contributed by atoms with van der Waals surface area (Å²) in [6.45, 7) is 14.4. The van der Waals surface area contributed by atoms with Crippen molar-refractivity contribution in [2.24, 2.45) is 11.3 Å². The second kappa shape index (κ2) is 7.82. The van der Waals surface area contributed by atoms with Gasteiger partial charge in [0.2, 0.25) is 5.91 Å². The molecule has 0 aliphatic heterocycles. The predicted molar refractivity (Wildman–Crippen MR) is 98.8 cm³/mol. The lowest BCUT2D eigenvalue weighted by molar-refractivity contribution is -0.125. The largest absolute Gasteiger partial charge is 0.349 e. The number of benzene rings is 1. The van der Waals surface area contributed by atoms with Gasteiger partial charge in [-0.25, -0.2) is 0 Å². The molecular weight excluding hydrogens is 300 g/mol. The standard InChI is InChI=1S/C20H32N2O2/c1-14(2)16(21-17(23)15-11-9-8-10-12-15)18(24)22-20(6,7)13-19(3,4)5/h8-12,14,16H,13H2,1-7H3,(H,21,23)(H,22,24). The topological polar surface area (TPSA) is 58.2 Å². The molecule has 4 heteroatoms. The zero-order valence-corrected chi connectivity index (χ0v) is 16.1. The van der Waals surface area contributed by atoms with Gasteiger partial charge in [-0.05, 0) is 43.7 Å². The molecule has 1 atom stereocenters. The van der Waals surface area contributed by atoms with E-state index in [2.05, 4.69) is 31.4 Å². The van der Waals surface area contributed by atoms with Gasteiger partial charge in [0.25, 0.3) is 5.91 Å². The highest BCUT2D eigenvalue weighted by Crippen LogP contribution is 2.27. The van der Waals surface area contributed by atoms with Gasteiger partial charge in [-0.2, -0.15) is 0 Å². The molecule has 1 rings (SSSR count). The molecule has 1 aromatic carbocycles. The average molecular weight is 332 g/mol. The Bertz CT molecular complexity index is 557. The van der Waals surface area contributed by atoms with E-state index in [4.69, 9.17) is 0 Å². The van der Waals surface area contributed by atoms with E-state index in [1.807, 2.05) is 45.9 Å². The Hall–Kier alpha value is -1.84. The molecule has 1 unspecified atom stereocenters. The Morgan fingerprint density at radius 3 is 2.00 bits per heavy atom. The molecule has 0 saturated carbocycles. The lowest BCUT2D eigenvalue weighted by Crippen LogP contribution is -2.55. The smallest absolute Gasteiger partial charge is 0.251 e. The van der Waals surface area contributed by atoms with E-state index in [1.54, 1.807) is 12.1 Å². The van der Waals surface area contributed by atoms with Crippen molar-refractivity contribution in [3.63, 3.8) is 0 Å². The van der Waals surface area contributed by atoms with E-state index >= 15 is 0 Å². The summed E-state index contributed by atoms with van der Waals surface area (Å²) in [5.41, 5.74) is 0.335. The molecule has 24 heavy (non-hydrogen) atoms. The molecule has 4 nitrogen and oxygen atoms in total. The van der Waals surface area contributed by atoms with Crippen LogP contribution >= 0.6 is 0 Å². The van der Waals surface area contributed by atoms with E-state index in [9.17, 15) is 9.59 Å². The van der Waals surface area contributed by atoms with Crippen LogP contribution in [0.15, 0.2) is 30.3 Å². The number of rotatable bonds is 6. The number of carbonyl (C=O) groups excluding carboxylic acids is 2. The van der Waals surface area contributed by atoms with Crippen molar-refractivity contribution in [2.45, 2.75) is 66.5 Å². The third kappa shape index (κ3) is 6.73. The Morgan fingerprint density at radius 1 is 1.00 bits per heavy atom. The predicted octanol–water partition coefficient (Wildman–Crippen LogP) is 3.77.